The van der Waals surface area contributed by atoms with E-state index in [0.717, 1.165) is 31.9 Å². The van der Waals surface area contributed by atoms with Gasteiger partial charge >= 0.3 is 0 Å². The molecule has 0 aromatic carbocycles. The molecule has 0 aliphatic carbocycles. The van der Waals surface area contributed by atoms with E-state index >= 15 is 0 Å². The van der Waals surface area contributed by atoms with Gasteiger partial charge in [0.25, 0.3) is 0 Å². The van der Waals surface area contributed by atoms with Gasteiger partial charge in [0.05, 0.1) is 18.9 Å². The minimum Gasteiger partial charge on any atom is -0.380 e. The molecule has 1 saturated heterocycles. The molecule has 94 valence electrons. The van der Waals surface area contributed by atoms with Gasteiger partial charge in [-0.15, -0.1) is 0 Å². The van der Waals surface area contributed by atoms with E-state index in [-0.39, 0.29) is 0 Å². The first-order valence-corrected chi connectivity index (χ1v) is 6.31. The van der Waals surface area contributed by atoms with Gasteiger partial charge < -0.3 is 15.4 Å². The predicted molar refractivity (Wildman–Crippen MR) is 69.6 cm³/mol. The molecular weight excluding hydrogens is 238 g/mol. The van der Waals surface area contributed by atoms with Crippen molar-refractivity contribution in [3.05, 3.63) is 23.5 Å². The molecule has 0 radical (unpaired) electrons. The van der Waals surface area contributed by atoms with Crippen molar-refractivity contribution in [3.8, 4) is 0 Å². The highest BCUT2D eigenvalue weighted by Crippen LogP contribution is 2.19. The van der Waals surface area contributed by atoms with E-state index < -0.39 is 0 Å². The Morgan fingerprint density at radius 1 is 1.71 bits per heavy atom. The highest BCUT2D eigenvalue weighted by Gasteiger charge is 2.16. The molecule has 1 aliphatic rings. The molecule has 1 aromatic heterocycles. The van der Waals surface area contributed by atoms with Crippen LogP contribution in [0.1, 0.15) is 13.3 Å². The lowest BCUT2D eigenvalue weighted by atomic mass is 10.1. The highest BCUT2D eigenvalue weighted by atomic mass is 35.5. The summed E-state index contributed by atoms with van der Waals surface area (Å²) in [5.74, 6) is 0. The lowest BCUT2D eigenvalue weighted by molar-refractivity contribution is 0.0731. The maximum Gasteiger partial charge on any atom is 0.152 e. The number of hydrogen-bond donors (Lipinski definition) is 2. The summed E-state index contributed by atoms with van der Waals surface area (Å²) in [6.45, 7) is 4.67. The van der Waals surface area contributed by atoms with Gasteiger partial charge in [-0.25, -0.2) is 4.98 Å². The Kier molecular flexibility index (Phi) is 4.59. The van der Waals surface area contributed by atoms with Crippen LogP contribution in [0.4, 0.5) is 5.69 Å². The van der Waals surface area contributed by atoms with Crippen LogP contribution in [0.2, 0.25) is 5.15 Å². The number of morpholine rings is 1. The number of nitrogens with zero attached hydrogens (tertiary/aromatic N) is 1. The van der Waals surface area contributed by atoms with Crippen LogP contribution in [0, 0.1) is 0 Å². The van der Waals surface area contributed by atoms with E-state index in [2.05, 4.69) is 22.5 Å². The smallest absolute Gasteiger partial charge is 0.152 e. The number of nitrogens with one attached hydrogen (secondary N) is 2. The van der Waals surface area contributed by atoms with Crippen molar-refractivity contribution in [2.75, 3.05) is 25.1 Å². The molecule has 2 N–H and O–H groups in total. The molecule has 1 fully saturated rings. The van der Waals surface area contributed by atoms with E-state index in [1.165, 1.54) is 0 Å². The van der Waals surface area contributed by atoms with E-state index in [9.17, 15) is 0 Å². The number of aromatic nitrogens is 1. The van der Waals surface area contributed by atoms with Crippen LogP contribution in [-0.2, 0) is 4.74 Å². The molecule has 2 heterocycles. The van der Waals surface area contributed by atoms with E-state index in [1.54, 1.807) is 6.20 Å². The van der Waals surface area contributed by atoms with Gasteiger partial charge in [-0.1, -0.05) is 11.6 Å². The third-order valence-corrected chi connectivity index (χ3v) is 3.10. The SMILES string of the molecule is CC(CC1COCCN1)Nc1cccnc1Cl. The fourth-order valence-electron chi connectivity index (χ4n) is 2.02. The third kappa shape index (κ3) is 3.84. The maximum atomic E-state index is 6.00. The lowest BCUT2D eigenvalue weighted by Crippen LogP contribution is -2.43. The number of anilines is 1. The predicted octanol–water partition coefficient (Wildman–Crippen LogP) is 1.91. The Balaban J connectivity index is 1.84. The third-order valence-electron chi connectivity index (χ3n) is 2.80. The summed E-state index contributed by atoms with van der Waals surface area (Å²) in [5.41, 5.74) is 0.887. The Morgan fingerprint density at radius 3 is 3.29 bits per heavy atom. The second kappa shape index (κ2) is 6.19. The number of halogens is 1. The molecule has 0 bridgehead atoms. The number of hydrogen-bond acceptors (Lipinski definition) is 4. The average molecular weight is 256 g/mol. The van der Waals surface area contributed by atoms with E-state index in [1.807, 2.05) is 12.1 Å². The molecule has 1 aliphatic heterocycles. The molecule has 2 rings (SSSR count). The summed E-state index contributed by atoms with van der Waals surface area (Å²) < 4.78 is 5.43. The standard InChI is InChI=1S/C12H18ClN3O/c1-9(7-10-8-17-6-5-14-10)16-11-3-2-4-15-12(11)13/h2-4,9-10,14,16H,5-8H2,1H3. The van der Waals surface area contributed by atoms with E-state index in [4.69, 9.17) is 16.3 Å². The summed E-state index contributed by atoms with van der Waals surface area (Å²) in [7, 11) is 0. The van der Waals surface area contributed by atoms with Gasteiger partial charge in [-0.05, 0) is 25.5 Å². The summed E-state index contributed by atoms with van der Waals surface area (Å²) in [4.78, 5) is 4.04. The minimum absolute atomic E-state index is 0.330. The van der Waals surface area contributed by atoms with Crippen LogP contribution in [0.25, 0.3) is 0 Å². The van der Waals surface area contributed by atoms with Gasteiger partial charge in [0.2, 0.25) is 0 Å². The fourth-order valence-corrected chi connectivity index (χ4v) is 2.19. The van der Waals surface area contributed by atoms with Crippen molar-refractivity contribution in [3.63, 3.8) is 0 Å². The quantitative estimate of drug-likeness (QED) is 0.807. The van der Waals surface area contributed by atoms with Crippen molar-refractivity contribution in [2.45, 2.75) is 25.4 Å². The van der Waals surface area contributed by atoms with Gasteiger partial charge in [-0.2, -0.15) is 0 Å². The zero-order chi connectivity index (χ0) is 12.1. The molecule has 1 aromatic rings. The zero-order valence-electron chi connectivity index (χ0n) is 9.95. The van der Waals surface area contributed by atoms with Crippen molar-refractivity contribution in [1.82, 2.24) is 10.3 Å². The van der Waals surface area contributed by atoms with Crippen LogP contribution in [-0.4, -0.2) is 36.8 Å². The van der Waals surface area contributed by atoms with Crippen molar-refractivity contribution >= 4 is 17.3 Å². The van der Waals surface area contributed by atoms with Crippen LogP contribution >= 0.6 is 11.6 Å². The second-order valence-corrected chi connectivity index (χ2v) is 4.71. The normalized spacial score (nSPS) is 22.1. The molecular formula is C12H18ClN3O. The van der Waals surface area contributed by atoms with Gasteiger partial charge in [0.1, 0.15) is 0 Å². The molecule has 4 nitrogen and oxygen atoms in total. The number of pyridine rings is 1. The van der Waals surface area contributed by atoms with Gasteiger partial charge in [-0.3, -0.25) is 0 Å². The Hall–Kier alpha value is -0.840. The summed E-state index contributed by atoms with van der Waals surface area (Å²) >= 11 is 6.00. The first-order chi connectivity index (χ1) is 8.25. The number of rotatable bonds is 4. The molecule has 0 saturated carbocycles. The molecule has 2 atom stereocenters. The van der Waals surface area contributed by atoms with Crippen molar-refractivity contribution < 1.29 is 4.74 Å². The fraction of sp³-hybridized carbons (Fsp3) is 0.583. The van der Waals surface area contributed by atoms with Gasteiger partial charge in [0, 0.05) is 24.8 Å². The van der Waals surface area contributed by atoms with Crippen LogP contribution < -0.4 is 10.6 Å². The minimum atomic E-state index is 0.330. The monoisotopic (exact) mass is 255 g/mol. The van der Waals surface area contributed by atoms with Crippen LogP contribution in [0.5, 0.6) is 0 Å². The topological polar surface area (TPSA) is 46.2 Å². The van der Waals surface area contributed by atoms with Crippen molar-refractivity contribution in [1.29, 1.82) is 0 Å². The largest absolute Gasteiger partial charge is 0.380 e. The Labute approximate surface area is 107 Å². The average Bonchev–Trinajstić information content (AvgIpc) is 2.33. The molecule has 0 spiro atoms. The molecule has 17 heavy (non-hydrogen) atoms. The summed E-state index contributed by atoms with van der Waals surface area (Å²) in [6, 6.07) is 4.57. The Bertz CT molecular complexity index is 355. The highest BCUT2D eigenvalue weighted by molar-refractivity contribution is 6.31. The number of ether oxygens (including phenoxy) is 1. The second-order valence-electron chi connectivity index (χ2n) is 4.35. The first-order valence-electron chi connectivity index (χ1n) is 5.94. The zero-order valence-corrected chi connectivity index (χ0v) is 10.7. The van der Waals surface area contributed by atoms with Gasteiger partial charge in [0.15, 0.2) is 5.15 Å². The summed E-state index contributed by atoms with van der Waals surface area (Å²) in [6.07, 6.45) is 2.69. The van der Waals surface area contributed by atoms with Crippen LogP contribution in [0.3, 0.4) is 0 Å². The lowest BCUT2D eigenvalue weighted by Gasteiger charge is -2.27. The molecule has 5 heteroatoms. The van der Waals surface area contributed by atoms with Crippen LogP contribution in [0.15, 0.2) is 18.3 Å². The van der Waals surface area contributed by atoms with E-state index in [0.29, 0.717) is 17.2 Å². The van der Waals surface area contributed by atoms with Crippen molar-refractivity contribution in [2.24, 2.45) is 0 Å². The molecule has 0 amide bonds. The Morgan fingerprint density at radius 2 is 2.59 bits per heavy atom. The first kappa shape index (κ1) is 12.6. The summed E-state index contributed by atoms with van der Waals surface area (Å²) in [5, 5.41) is 7.32. The maximum absolute atomic E-state index is 6.00. The molecule has 2 unspecified atom stereocenters.